The quantitative estimate of drug-likeness (QED) is 0.824. The predicted molar refractivity (Wildman–Crippen MR) is 96.1 cm³/mol. The van der Waals surface area contributed by atoms with Gasteiger partial charge < -0.3 is 9.64 Å². The minimum atomic E-state index is 0.249. The van der Waals surface area contributed by atoms with Gasteiger partial charge in [0.15, 0.2) is 0 Å². The molecule has 2 saturated heterocycles. The molecule has 0 aromatic heterocycles. The van der Waals surface area contributed by atoms with Crippen LogP contribution < -0.4 is 0 Å². The highest BCUT2D eigenvalue weighted by Crippen LogP contribution is 2.23. The molecule has 0 aliphatic carbocycles. The Kier molecular flexibility index (Phi) is 6.06. The number of nitrogens with zero attached hydrogens (tertiary/aromatic N) is 3. The maximum atomic E-state index is 12.5. The van der Waals surface area contributed by atoms with Crippen molar-refractivity contribution in [2.75, 3.05) is 33.3 Å². The Labute approximate surface area is 150 Å². The standard InChI is InChI=1S/C20H27N3O2/c1-25-19-10-13-23(15-19)18-8-11-22(12-9-18)20(24)7-6-16-2-4-17(14-21)5-3-16/h2-5,18-19H,6-13,15H2,1H3. The van der Waals surface area contributed by atoms with Gasteiger partial charge in [0, 0.05) is 45.8 Å². The maximum absolute atomic E-state index is 12.5. The van der Waals surface area contributed by atoms with Crippen LogP contribution >= 0.6 is 0 Å². The van der Waals surface area contributed by atoms with E-state index in [1.807, 2.05) is 29.2 Å². The summed E-state index contributed by atoms with van der Waals surface area (Å²) in [5.41, 5.74) is 1.78. The van der Waals surface area contributed by atoms with E-state index in [1.54, 1.807) is 7.11 Å². The van der Waals surface area contributed by atoms with Gasteiger partial charge in [-0.25, -0.2) is 0 Å². The molecule has 1 unspecified atom stereocenters. The van der Waals surface area contributed by atoms with Gasteiger partial charge in [0.2, 0.25) is 5.91 Å². The van der Waals surface area contributed by atoms with Crippen molar-refractivity contribution in [1.82, 2.24) is 9.80 Å². The van der Waals surface area contributed by atoms with Crippen molar-refractivity contribution in [3.8, 4) is 6.07 Å². The number of nitriles is 1. The Bertz CT molecular complexity index is 615. The molecule has 0 saturated carbocycles. The summed E-state index contributed by atoms with van der Waals surface area (Å²) >= 11 is 0. The Morgan fingerprint density at radius 2 is 1.92 bits per heavy atom. The minimum Gasteiger partial charge on any atom is -0.380 e. The zero-order chi connectivity index (χ0) is 17.6. The van der Waals surface area contributed by atoms with Gasteiger partial charge in [-0.05, 0) is 43.4 Å². The fourth-order valence-corrected chi connectivity index (χ4v) is 3.91. The molecule has 3 rings (SSSR count). The lowest BCUT2D eigenvalue weighted by atomic mass is 10.0. The first-order valence-corrected chi connectivity index (χ1v) is 9.23. The van der Waals surface area contributed by atoms with E-state index in [9.17, 15) is 4.79 Å². The zero-order valence-corrected chi connectivity index (χ0v) is 15.0. The molecular weight excluding hydrogens is 314 g/mol. The summed E-state index contributed by atoms with van der Waals surface area (Å²) in [6, 6.07) is 10.2. The average molecular weight is 341 g/mol. The van der Waals surface area contributed by atoms with Crippen molar-refractivity contribution in [3.63, 3.8) is 0 Å². The Morgan fingerprint density at radius 3 is 2.52 bits per heavy atom. The van der Waals surface area contributed by atoms with Crippen LogP contribution in [0.5, 0.6) is 0 Å². The molecular formula is C20H27N3O2. The number of methoxy groups -OCH3 is 1. The highest BCUT2D eigenvalue weighted by Gasteiger charge is 2.31. The average Bonchev–Trinajstić information content (AvgIpc) is 3.16. The van der Waals surface area contributed by atoms with E-state index in [1.165, 1.54) is 0 Å². The molecule has 1 amide bonds. The van der Waals surface area contributed by atoms with Gasteiger partial charge in [0.25, 0.3) is 0 Å². The van der Waals surface area contributed by atoms with Crippen LogP contribution in [0.3, 0.4) is 0 Å². The summed E-state index contributed by atoms with van der Waals surface area (Å²) in [5, 5.41) is 8.82. The van der Waals surface area contributed by atoms with E-state index in [0.717, 1.165) is 57.4 Å². The molecule has 1 aromatic carbocycles. The first kappa shape index (κ1) is 17.9. The Morgan fingerprint density at radius 1 is 1.20 bits per heavy atom. The van der Waals surface area contributed by atoms with Crippen molar-refractivity contribution < 1.29 is 9.53 Å². The second kappa shape index (κ2) is 8.46. The largest absolute Gasteiger partial charge is 0.380 e. The molecule has 0 N–H and O–H groups in total. The van der Waals surface area contributed by atoms with Crippen LogP contribution in [0.2, 0.25) is 0 Å². The summed E-state index contributed by atoms with van der Waals surface area (Å²) in [6.45, 7) is 3.89. The molecule has 0 spiro atoms. The number of piperidine rings is 1. The zero-order valence-electron chi connectivity index (χ0n) is 15.0. The summed E-state index contributed by atoms with van der Waals surface area (Å²) in [7, 11) is 1.79. The monoisotopic (exact) mass is 341 g/mol. The molecule has 2 fully saturated rings. The summed E-state index contributed by atoms with van der Waals surface area (Å²) in [6.07, 6.45) is 4.93. The molecule has 5 nitrogen and oxygen atoms in total. The molecule has 2 heterocycles. The van der Waals surface area contributed by atoms with E-state index >= 15 is 0 Å². The first-order valence-electron chi connectivity index (χ1n) is 9.23. The van der Waals surface area contributed by atoms with Crippen LogP contribution in [0, 0.1) is 11.3 Å². The number of amides is 1. The summed E-state index contributed by atoms with van der Waals surface area (Å²) < 4.78 is 5.46. The molecule has 1 atom stereocenters. The lowest BCUT2D eigenvalue weighted by Gasteiger charge is -2.36. The van der Waals surface area contributed by atoms with Gasteiger partial charge in [-0.3, -0.25) is 9.69 Å². The maximum Gasteiger partial charge on any atom is 0.222 e. The number of rotatable bonds is 5. The molecule has 0 radical (unpaired) electrons. The van der Waals surface area contributed by atoms with E-state index in [2.05, 4.69) is 11.0 Å². The van der Waals surface area contributed by atoms with Crippen molar-refractivity contribution in [3.05, 3.63) is 35.4 Å². The van der Waals surface area contributed by atoms with Crippen LogP contribution in [-0.2, 0) is 16.0 Å². The number of hydrogen-bond donors (Lipinski definition) is 0. The smallest absolute Gasteiger partial charge is 0.222 e. The number of aryl methyl sites for hydroxylation is 1. The third-order valence-electron chi connectivity index (χ3n) is 5.55. The molecule has 0 bridgehead atoms. The lowest BCUT2D eigenvalue weighted by Crippen LogP contribution is -2.46. The van der Waals surface area contributed by atoms with Crippen LogP contribution in [-0.4, -0.2) is 61.1 Å². The van der Waals surface area contributed by atoms with Gasteiger partial charge >= 0.3 is 0 Å². The first-order chi connectivity index (χ1) is 12.2. The van der Waals surface area contributed by atoms with Gasteiger partial charge in [-0.1, -0.05) is 12.1 Å². The highest BCUT2D eigenvalue weighted by atomic mass is 16.5. The fraction of sp³-hybridized carbons (Fsp3) is 0.600. The normalized spacial score (nSPS) is 22.1. The van der Waals surface area contributed by atoms with Crippen LogP contribution in [0.15, 0.2) is 24.3 Å². The van der Waals surface area contributed by atoms with E-state index < -0.39 is 0 Å². The van der Waals surface area contributed by atoms with Crippen LogP contribution in [0.1, 0.15) is 36.8 Å². The van der Waals surface area contributed by atoms with Crippen LogP contribution in [0.4, 0.5) is 0 Å². The SMILES string of the molecule is COC1CCN(C2CCN(C(=O)CCc3ccc(C#N)cc3)CC2)C1. The van der Waals surface area contributed by atoms with Crippen molar-refractivity contribution in [2.24, 2.45) is 0 Å². The van der Waals surface area contributed by atoms with Gasteiger partial charge in [-0.15, -0.1) is 0 Å². The number of hydrogen-bond acceptors (Lipinski definition) is 4. The third-order valence-corrected chi connectivity index (χ3v) is 5.55. The van der Waals surface area contributed by atoms with E-state index in [4.69, 9.17) is 10.00 Å². The lowest BCUT2D eigenvalue weighted by molar-refractivity contribution is -0.132. The van der Waals surface area contributed by atoms with E-state index in [0.29, 0.717) is 24.1 Å². The number of carbonyl (C=O) groups excluding carboxylic acids is 1. The molecule has 2 aliphatic heterocycles. The summed E-state index contributed by atoms with van der Waals surface area (Å²) in [4.78, 5) is 17.0. The molecule has 134 valence electrons. The molecule has 1 aromatic rings. The number of carbonyl (C=O) groups is 1. The molecule has 5 heteroatoms. The van der Waals surface area contributed by atoms with Gasteiger partial charge in [0.05, 0.1) is 17.7 Å². The second-order valence-corrected chi connectivity index (χ2v) is 7.06. The summed E-state index contributed by atoms with van der Waals surface area (Å²) in [5.74, 6) is 0.249. The number of likely N-dealkylation sites (tertiary alicyclic amines) is 2. The topological polar surface area (TPSA) is 56.6 Å². The minimum absolute atomic E-state index is 0.249. The Balaban J connectivity index is 1.41. The van der Waals surface area contributed by atoms with E-state index in [-0.39, 0.29) is 5.91 Å². The van der Waals surface area contributed by atoms with Gasteiger partial charge in [0.1, 0.15) is 0 Å². The molecule has 25 heavy (non-hydrogen) atoms. The number of benzene rings is 1. The Hall–Kier alpha value is -1.90. The van der Waals surface area contributed by atoms with Crippen molar-refractivity contribution >= 4 is 5.91 Å². The van der Waals surface area contributed by atoms with Crippen molar-refractivity contribution in [2.45, 2.75) is 44.2 Å². The number of ether oxygens (including phenoxy) is 1. The molecule has 2 aliphatic rings. The third kappa shape index (κ3) is 4.59. The predicted octanol–water partition coefficient (Wildman–Crippen LogP) is 2.20. The van der Waals surface area contributed by atoms with Gasteiger partial charge in [-0.2, -0.15) is 5.26 Å². The highest BCUT2D eigenvalue weighted by molar-refractivity contribution is 5.76. The second-order valence-electron chi connectivity index (χ2n) is 7.06. The fourth-order valence-electron chi connectivity index (χ4n) is 3.91. The van der Waals surface area contributed by atoms with Crippen LogP contribution in [0.25, 0.3) is 0 Å². The van der Waals surface area contributed by atoms with Crippen molar-refractivity contribution in [1.29, 1.82) is 5.26 Å².